The van der Waals surface area contributed by atoms with Crippen molar-refractivity contribution >= 4 is 11.9 Å². The first-order chi connectivity index (χ1) is 12.3. The predicted octanol–water partition coefficient (Wildman–Crippen LogP) is 3.25. The van der Waals surface area contributed by atoms with Crippen LogP contribution < -0.4 is 10.1 Å². The molecule has 2 aromatic carbocycles. The summed E-state index contributed by atoms with van der Waals surface area (Å²) in [4.78, 5) is 26.3. The first-order valence-corrected chi connectivity index (χ1v) is 7.99. The van der Waals surface area contributed by atoms with Gasteiger partial charge < -0.3 is 10.1 Å². The second-order valence-electron chi connectivity index (χ2n) is 6.39. The van der Waals surface area contributed by atoms with Crippen LogP contribution >= 0.6 is 0 Å². The summed E-state index contributed by atoms with van der Waals surface area (Å²) in [5, 5.41) is 2.57. The van der Waals surface area contributed by atoms with Crippen LogP contribution in [0.3, 0.4) is 0 Å². The number of hydrogen-bond acceptors (Lipinski definition) is 3. The summed E-state index contributed by atoms with van der Waals surface area (Å²) in [5.41, 5.74) is 0.332. The molecule has 1 saturated heterocycles. The summed E-state index contributed by atoms with van der Waals surface area (Å²) in [5.74, 6) is -2.09. The maximum atomic E-state index is 13.6. The van der Waals surface area contributed by atoms with Crippen molar-refractivity contribution in [3.05, 3.63) is 64.7 Å². The molecule has 1 fully saturated rings. The second kappa shape index (κ2) is 6.40. The highest BCUT2D eigenvalue weighted by Gasteiger charge is 2.49. The maximum absolute atomic E-state index is 13.6. The molecule has 136 valence electrons. The molecule has 0 spiro atoms. The minimum absolute atomic E-state index is 0.00872. The molecule has 0 radical (unpaired) electrons. The Morgan fingerprint density at radius 3 is 2.50 bits per heavy atom. The van der Waals surface area contributed by atoms with Crippen LogP contribution in [0.2, 0.25) is 0 Å². The second-order valence-corrected chi connectivity index (χ2v) is 6.39. The number of ether oxygens (including phenoxy) is 1. The van der Waals surface area contributed by atoms with Crippen LogP contribution in [-0.4, -0.2) is 23.9 Å². The van der Waals surface area contributed by atoms with E-state index in [1.165, 1.54) is 20.1 Å². The van der Waals surface area contributed by atoms with Crippen LogP contribution in [0, 0.1) is 18.6 Å². The predicted molar refractivity (Wildman–Crippen MR) is 90.5 cm³/mol. The zero-order chi connectivity index (χ0) is 19.1. The van der Waals surface area contributed by atoms with Crippen molar-refractivity contribution in [2.75, 3.05) is 7.11 Å². The van der Waals surface area contributed by atoms with E-state index < -0.39 is 29.1 Å². The molecule has 1 atom stereocenters. The number of hydrogen-bond donors (Lipinski definition) is 1. The number of methoxy groups -OCH3 is 1. The van der Waals surface area contributed by atoms with Crippen molar-refractivity contribution in [1.29, 1.82) is 0 Å². The minimum atomic E-state index is -1.47. The average Bonchev–Trinajstić information content (AvgIpc) is 2.82. The molecule has 0 bridgehead atoms. The molecule has 3 rings (SSSR count). The Morgan fingerprint density at radius 1 is 1.12 bits per heavy atom. The zero-order valence-electron chi connectivity index (χ0n) is 14.6. The molecule has 26 heavy (non-hydrogen) atoms. The number of nitrogens with zero attached hydrogens (tertiary/aromatic N) is 1. The molecule has 2 aromatic rings. The number of urea groups is 1. The topological polar surface area (TPSA) is 58.6 Å². The van der Waals surface area contributed by atoms with Gasteiger partial charge >= 0.3 is 6.03 Å². The number of benzene rings is 2. The van der Waals surface area contributed by atoms with Gasteiger partial charge in [-0.15, -0.1) is 0 Å². The SMILES string of the molecule is COc1ccc(C)cc1CN1C(=O)NC(C)(c2ccc(F)c(F)c2)C1=O. The quantitative estimate of drug-likeness (QED) is 0.852. The first kappa shape index (κ1) is 17.8. The van der Waals surface area contributed by atoms with Crippen LogP contribution in [0.1, 0.15) is 23.6 Å². The van der Waals surface area contributed by atoms with Crippen molar-refractivity contribution in [1.82, 2.24) is 10.2 Å². The highest BCUT2D eigenvalue weighted by molar-refractivity contribution is 6.07. The fourth-order valence-corrected chi connectivity index (χ4v) is 3.04. The van der Waals surface area contributed by atoms with Crippen molar-refractivity contribution in [2.45, 2.75) is 25.9 Å². The molecule has 0 saturated carbocycles. The van der Waals surface area contributed by atoms with Gasteiger partial charge in [0.25, 0.3) is 5.91 Å². The average molecular weight is 360 g/mol. The van der Waals surface area contributed by atoms with Crippen molar-refractivity contribution < 1.29 is 23.1 Å². The summed E-state index contributed by atoms with van der Waals surface area (Å²) in [6, 6.07) is 7.98. The minimum Gasteiger partial charge on any atom is -0.496 e. The number of halogens is 2. The Morgan fingerprint density at radius 2 is 1.85 bits per heavy atom. The third-order valence-corrected chi connectivity index (χ3v) is 4.54. The third-order valence-electron chi connectivity index (χ3n) is 4.54. The number of nitrogens with one attached hydrogen (secondary N) is 1. The Bertz CT molecular complexity index is 900. The summed E-state index contributed by atoms with van der Waals surface area (Å²) in [7, 11) is 1.51. The number of aryl methyl sites for hydroxylation is 1. The normalized spacial score (nSPS) is 19.7. The zero-order valence-corrected chi connectivity index (χ0v) is 14.6. The fourth-order valence-electron chi connectivity index (χ4n) is 3.04. The lowest BCUT2D eigenvalue weighted by atomic mass is 9.92. The molecule has 1 aliphatic rings. The van der Waals surface area contributed by atoms with Crippen molar-refractivity contribution in [3.8, 4) is 5.75 Å². The lowest BCUT2D eigenvalue weighted by molar-refractivity contribution is -0.131. The summed E-state index contributed by atoms with van der Waals surface area (Å²) >= 11 is 0. The number of carbonyl (C=O) groups excluding carboxylic acids is 2. The molecule has 1 unspecified atom stereocenters. The highest BCUT2D eigenvalue weighted by Crippen LogP contribution is 2.32. The van der Waals surface area contributed by atoms with E-state index in [2.05, 4.69) is 5.32 Å². The van der Waals surface area contributed by atoms with Gasteiger partial charge in [0.2, 0.25) is 0 Å². The summed E-state index contributed by atoms with van der Waals surface area (Å²) in [6.07, 6.45) is 0. The van der Waals surface area contributed by atoms with E-state index in [1.807, 2.05) is 19.1 Å². The van der Waals surface area contributed by atoms with Gasteiger partial charge in [0, 0.05) is 5.56 Å². The Balaban J connectivity index is 1.94. The van der Waals surface area contributed by atoms with E-state index in [-0.39, 0.29) is 12.1 Å². The highest BCUT2D eigenvalue weighted by atomic mass is 19.2. The molecule has 5 nitrogen and oxygen atoms in total. The largest absolute Gasteiger partial charge is 0.496 e. The Kier molecular flexibility index (Phi) is 4.39. The number of amides is 3. The van der Waals surface area contributed by atoms with Gasteiger partial charge in [-0.25, -0.2) is 13.6 Å². The van der Waals surface area contributed by atoms with Crippen molar-refractivity contribution in [2.24, 2.45) is 0 Å². The monoisotopic (exact) mass is 360 g/mol. The van der Waals surface area contributed by atoms with Crippen LogP contribution in [0.4, 0.5) is 13.6 Å². The van der Waals surface area contributed by atoms with Crippen LogP contribution in [-0.2, 0) is 16.9 Å². The summed E-state index contributed by atoms with van der Waals surface area (Å²) in [6.45, 7) is 3.36. The van der Waals surface area contributed by atoms with E-state index >= 15 is 0 Å². The van der Waals surface area contributed by atoms with E-state index in [4.69, 9.17) is 4.74 Å². The Hall–Kier alpha value is -2.96. The third kappa shape index (κ3) is 2.89. The molecule has 1 N–H and O–H groups in total. The molecule has 3 amide bonds. The van der Waals surface area contributed by atoms with Gasteiger partial charge in [-0.2, -0.15) is 0 Å². The molecule has 1 aliphatic heterocycles. The smallest absolute Gasteiger partial charge is 0.325 e. The van der Waals surface area contributed by atoms with Gasteiger partial charge in [-0.1, -0.05) is 23.8 Å². The molecular formula is C19H18F2N2O3. The number of carbonyl (C=O) groups is 2. The van der Waals surface area contributed by atoms with Crippen LogP contribution in [0.15, 0.2) is 36.4 Å². The number of rotatable bonds is 4. The molecular weight excluding hydrogens is 342 g/mol. The molecule has 0 aromatic heterocycles. The Labute approximate surface area is 149 Å². The molecule has 0 aliphatic carbocycles. The molecule has 7 heteroatoms. The van der Waals surface area contributed by atoms with Gasteiger partial charge in [-0.3, -0.25) is 9.69 Å². The van der Waals surface area contributed by atoms with E-state index in [0.29, 0.717) is 11.3 Å². The standard InChI is InChI=1S/C19H18F2N2O3/c1-11-4-7-16(26-3)12(8-11)10-23-17(24)19(2,22-18(23)25)13-5-6-14(20)15(21)9-13/h4-9H,10H2,1-3H3,(H,22,25). The lowest BCUT2D eigenvalue weighted by Gasteiger charge is -2.22. The lowest BCUT2D eigenvalue weighted by Crippen LogP contribution is -2.41. The maximum Gasteiger partial charge on any atom is 0.325 e. The van der Waals surface area contributed by atoms with Crippen LogP contribution in [0.5, 0.6) is 5.75 Å². The van der Waals surface area contributed by atoms with E-state index in [9.17, 15) is 18.4 Å². The first-order valence-electron chi connectivity index (χ1n) is 7.99. The summed E-state index contributed by atoms with van der Waals surface area (Å²) < 4.78 is 32.1. The van der Waals surface area contributed by atoms with Crippen LogP contribution in [0.25, 0.3) is 0 Å². The van der Waals surface area contributed by atoms with Gasteiger partial charge in [0.05, 0.1) is 13.7 Å². The van der Waals surface area contributed by atoms with Gasteiger partial charge in [-0.05, 0) is 37.6 Å². The van der Waals surface area contributed by atoms with E-state index in [0.717, 1.165) is 22.6 Å². The molecule has 1 heterocycles. The van der Waals surface area contributed by atoms with Crippen molar-refractivity contribution in [3.63, 3.8) is 0 Å². The van der Waals surface area contributed by atoms with Gasteiger partial charge in [0.15, 0.2) is 11.6 Å². The van der Waals surface area contributed by atoms with E-state index in [1.54, 1.807) is 6.07 Å². The van der Waals surface area contributed by atoms with Gasteiger partial charge in [0.1, 0.15) is 11.3 Å². The number of imide groups is 1. The fraction of sp³-hybridized carbons (Fsp3) is 0.263.